The lowest BCUT2D eigenvalue weighted by atomic mass is 9.99. The van der Waals surface area contributed by atoms with Crippen LogP contribution in [-0.2, 0) is 6.54 Å². The second-order valence-corrected chi connectivity index (χ2v) is 18.0. The molecule has 0 radical (unpaired) electrons. The zero-order valence-electron chi connectivity index (χ0n) is 30.4. The van der Waals surface area contributed by atoms with Gasteiger partial charge in [-0.1, -0.05) is 164 Å². The third kappa shape index (κ3) is 6.66. The third-order valence-electron chi connectivity index (χ3n) is 10.3. The fourth-order valence-electron chi connectivity index (χ4n) is 7.73. The summed E-state index contributed by atoms with van der Waals surface area (Å²) in [5, 5.41) is 7.74. The highest BCUT2D eigenvalue weighted by Crippen LogP contribution is 2.53. The lowest BCUT2D eigenvalue weighted by Gasteiger charge is -2.37. The van der Waals surface area contributed by atoms with Crippen LogP contribution in [0.5, 0.6) is 11.5 Å². The first kappa shape index (κ1) is 34.4. The minimum absolute atomic E-state index is 0.599. The van der Waals surface area contributed by atoms with E-state index in [0.29, 0.717) is 13.2 Å². The van der Waals surface area contributed by atoms with Crippen molar-refractivity contribution in [3.63, 3.8) is 0 Å². The van der Waals surface area contributed by atoms with Crippen LogP contribution in [0.2, 0.25) is 0 Å². The molecule has 6 heteroatoms. The number of likely N-dealkylation sites (N-methyl/N-ethyl adjacent to an activating group) is 1. The van der Waals surface area contributed by atoms with Gasteiger partial charge in [0, 0.05) is 24.7 Å². The highest BCUT2D eigenvalue weighted by atomic mass is 31.1. The van der Waals surface area contributed by atoms with Gasteiger partial charge in [0.15, 0.2) is 11.5 Å². The predicted octanol–water partition coefficient (Wildman–Crippen LogP) is 8.10. The molecule has 2 aliphatic rings. The summed E-state index contributed by atoms with van der Waals surface area (Å²) in [6.07, 6.45) is 0. The van der Waals surface area contributed by atoms with Crippen molar-refractivity contribution in [3.05, 3.63) is 181 Å². The van der Waals surface area contributed by atoms with Crippen molar-refractivity contribution >= 4 is 59.0 Å². The minimum Gasteiger partial charge on any atom is -0.489 e. The molecule has 0 amide bonds. The zero-order valence-corrected chi connectivity index (χ0v) is 32.2. The third-order valence-corrected chi connectivity index (χ3v) is 15.2. The molecular formula is C48H42N2O2P2. The first-order valence-electron chi connectivity index (χ1n) is 18.6. The van der Waals surface area contributed by atoms with Crippen LogP contribution in [0.25, 0.3) is 11.1 Å². The largest absolute Gasteiger partial charge is 0.489 e. The summed E-state index contributed by atoms with van der Waals surface area (Å²) in [6, 6.07) is 64.3. The number of benzene rings is 7. The maximum atomic E-state index is 7.01. The molecule has 0 aromatic heterocycles. The molecule has 0 saturated heterocycles. The number of hydrogen-bond acceptors (Lipinski definition) is 4. The van der Waals surface area contributed by atoms with Gasteiger partial charge in [-0.05, 0) is 65.4 Å². The van der Waals surface area contributed by atoms with Crippen molar-refractivity contribution in [1.82, 2.24) is 0 Å². The topological polar surface area (TPSA) is 24.9 Å². The number of fused-ring (bicyclic) bond motifs is 2. The first-order valence-corrected chi connectivity index (χ1v) is 21.3. The Bertz CT molecular complexity index is 2260. The zero-order chi connectivity index (χ0) is 36.3. The second-order valence-electron chi connectivity index (χ2n) is 13.7. The fourth-order valence-corrected chi connectivity index (χ4v) is 12.6. The number of rotatable bonds is 9. The van der Waals surface area contributed by atoms with E-state index in [4.69, 9.17) is 9.47 Å². The smallest absolute Gasteiger partial charge is 0.151 e. The van der Waals surface area contributed by atoms with E-state index in [1.54, 1.807) is 0 Å². The monoisotopic (exact) mass is 740 g/mol. The summed E-state index contributed by atoms with van der Waals surface area (Å²) in [6.45, 7) is 3.67. The molecule has 7 aromatic rings. The van der Waals surface area contributed by atoms with Gasteiger partial charge in [-0.15, -0.1) is 0 Å². The summed E-state index contributed by atoms with van der Waals surface area (Å²) >= 11 is 0. The SMILES string of the molecule is CN1CCOc2c1ccc(P(c1ccccc1)c1ccccc1)c2-c1c(P(c2ccccc2)c2ccccc2)ccc2c1OCCN2Cc1ccccc1. The maximum Gasteiger partial charge on any atom is 0.151 e. The van der Waals surface area contributed by atoms with E-state index in [2.05, 4.69) is 193 Å². The molecule has 2 heterocycles. The van der Waals surface area contributed by atoms with E-state index >= 15 is 0 Å². The second kappa shape index (κ2) is 15.5. The lowest BCUT2D eigenvalue weighted by Crippen LogP contribution is -2.35. The van der Waals surface area contributed by atoms with Crippen molar-refractivity contribution < 1.29 is 9.47 Å². The Morgan fingerprint density at radius 1 is 0.444 bits per heavy atom. The Kier molecular flexibility index (Phi) is 9.88. The summed E-state index contributed by atoms with van der Waals surface area (Å²) in [7, 11) is 0.205. The highest BCUT2D eigenvalue weighted by molar-refractivity contribution is 7.80. The van der Waals surface area contributed by atoms with E-state index in [0.717, 1.165) is 53.6 Å². The van der Waals surface area contributed by atoms with Crippen LogP contribution < -0.4 is 51.1 Å². The molecule has 0 saturated carbocycles. The van der Waals surface area contributed by atoms with Gasteiger partial charge in [0.1, 0.15) is 13.2 Å². The minimum atomic E-state index is -0.993. The van der Waals surface area contributed by atoms with Crippen molar-refractivity contribution in [2.75, 3.05) is 43.2 Å². The molecule has 0 N–H and O–H groups in total. The average molecular weight is 741 g/mol. The molecule has 9 rings (SSSR count). The van der Waals surface area contributed by atoms with E-state index in [1.807, 2.05) is 0 Å². The van der Waals surface area contributed by atoms with Crippen molar-refractivity contribution in [2.24, 2.45) is 0 Å². The highest BCUT2D eigenvalue weighted by Gasteiger charge is 2.35. The van der Waals surface area contributed by atoms with Gasteiger partial charge in [0.05, 0.1) is 24.5 Å². The van der Waals surface area contributed by atoms with Crippen LogP contribution in [0.3, 0.4) is 0 Å². The standard InChI is InChI=1S/C48H42N2O2P2/c1-49-31-33-51-47-41(49)27-29-43(53(37-19-9-3-10-20-37)38-21-11-4-12-22-38)45(47)46-44(54(39-23-13-5-14-24-39)40-25-15-6-16-26-40)30-28-42-48(46)52-34-32-50(42)35-36-17-7-2-8-18-36/h2-30H,31-35H2,1H3. The average Bonchev–Trinajstić information content (AvgIpc) is 3.23. The molecule has 0 atom stereocenters. The van der Waals surface area contributed by atoms with Crippen LogP contribution in [0.15, 0.2) is 176 Å². The van der Waals surface area contributed by atoms with E-state index in [9.17, 15) is 0 Å². The van der Waals surface area contributed by atoms with E-state index < -0.39 is 15.8 Å². The van der Waals surface area contributed by atoms with Crippen LogP contribution >= 0.6 is 15.8 Å². The van der Waals surface area contributed by atoms with Gasteiger partial charge < -0.3 is 19.3 Å². The fraction of sp³-hybridized carbons (Fsp3) is 0.125. The van der Waals surface area contributed by atoms with E-state index in [1.165, 1.54) is 37.4 Å². The van der Waals surface area contributed by atoms with Gasteiger partial charge in [-0.3, -0.25) is 0 Å². The van der Waals surface area contributed by atoms with Crippen molar-refractivity contribution in [3.8, 4) is 22.6 Å². The van der Waals surface area contributed by atoms with Gasteiger partial charge in [0.2, 0.25) is 0 Å². The van der Waals surface area contributed by atoms with Crippen LogP contribution in [0.1, 0.15) is 5.56 Å². The number of hydrogen-bond donors (Lipinski definition) is 0. The normalized spacial score (nSPS) is 13.6. The van der Waals surface area contributed by atoms with Crippen LogP contribution in [-0.4, -0.2) is 33.4 Å². The lowest BCUT2D eigenvalue weighted by molar-refractivity contribution is 0.305. The van der Waals surface area contributed by atoms with Gasteiger partial charge in [-0.25, -0.2) is 0 Å². The maximum absolute atomic E-state index is 7.01. The molecule has 54 heavy (non-hydrogen) atoms. The predicted molar refractivity (Wildman–Crippen MR) is 231 cm³/mol. The Morgan fingerprint density at radius 2 is 0.833 bits per heavy atom. The molecule has 4 nitrogen and oxygen atoms in total. The number of ether oxygens (including phenoxy) is 2. The Morgan fingerprint density at radius 3 is 1.30 bits per heavy atom. The molecule has 7 aromatic carbocycles. The Balaban J connectivity index is 1.38. The number of anilines is 2. The van der Waals surface area contributed by atoms with Gasteiger partial charge >= 0.3 is 0 Å². The molecule has 0 aliphatic carbocycles. The van der Waals surface area contributed by atoms with E-state index in [-0.39, 0.29) is 0 Å². The summed E-state index contributed by atoms with van der Waals surface area (Å²) in [5.74, 6) is 1.88. The quantitative estimate of drug-likeness (QED) is 0.140. The molecular weight excluding hydrogens is 698 g/mol. The molecule has 0 bridgehead atoms. The Hall–Kier alpha value is -5.40. The van der Waals surface area contributed by atoms with Crippen molar-refractivity contribution in [1.29, 1.82) is 0 Å². The molecule has 0 spiro atoms. The van der Waals surface area contributed by atoms with Crippen LogP contribution in [0.4, 0.5) is 11.4 Å². The van der Waals surface area contributed by atoms with Crippen LogP contribution in [0, 0.1) is 0 Å². The summed E-state index contributed by atoms with van der Waals surface area (Å²) in [5.41, 5.74) is 5.80. The Labute approximate surface area is 321 Å². The number of nitrogens with zero attached hydrogens (tertiary/aromatic N) is 2. The molecule has 0 unspecified atom stereocenters. The molecule has 0 fully saturated rings. The van der Waals surface area contributed by atoms with Gasteiger partial charge in [-0.2, -0.15) is 0 Å². The van der Waals surface area contributed by atoms with Crippen molar-refractivity contribution in [2.45, 2.75) is 6.54 Å². The summed E-state index contributed by atoms with van der Waals surface area (Å²) in [4.78, 5) is 4.84. The van der Waals surface area contributed by atoms with Gasteiger partial charge in [0.25, 0.3) is 0 Å². The molecule has 2 aliphatic heterocycles. The first-order chi connectivity index (χ1) is 26.7. The summed E-state index contributed by atoms with van der Waals surface area (Å²) < 4.78 is 13.9. The molecule has 266 valence electrons.